The summed E-state index contributed by atoms with van der Waals surface area (Å²) >= 11 is 0. The van der Waals surface area contributed by atoms with Crippen LogP contribution in [0.25, 0.3) is 11.3 Å². The molecule has 5 aliphatic rings. The molecular weight excluding hydrogens is 364 g/mol. The number of hydrogen-bond donors (Lipinski definition) is 1. The molecule has 4 fully saturated rings. The normalized spacial score (nSPS) is 34.1. The Morgan fingerprint density at radius 3 is 2.59 bits per heavy atom. The smallest absolute Gasteiger partial charge is 0.226 e. The molecule has 1 aliphatic heterocycles. The minimum absolute atomic E-state index is 0.113. The minimum Gasteiger partial charge on any atom is -0.490 e. The molecule has 2 aromatic rings. The second-order valence-corrected chi connectivity index (χ2v) is 10.0. The number of benzene rings is 1. The second kappa shape index (κ2) is 6.35. The van der Waals surface area contributed by atoms with Gasteiger partial charge in [0, 0.05) is 23.5 Å². The average Bonchev–Trinajstić information content (AvgIpc) is 3.29. The predicted molar refractivity (Wildman–Crippen MR) is 108 cm³/mol. The number of nitrogens with one attached hydrogen (secondary N) is 1. The van der Waals surface area contributed by atoms with Crippen molar-refractivity contribution in [1.82, 2.24) is 10.5 Å². The van der Waals surface area contributed by atoms with Crippen molar-refractivity contribution in [2.24, 2.45) is 23.2 Å². The van der Waals surface area contributed by atoms with Crippen LogP contribution in [-0.4, -0.2) is 17.2 Å². The van der Waals surface area contributed by atoms with Gasteiger partial charge in [-0.05, 0) is 87.0 Å². The number of nitrogens with zero attached hydrogens (tertiary/aromatic N) is 1. The number of carbonyl (C=O) groups is 1. The molecule has 1 aromatic carbocycles. The highest BCUT2D eigenvalue weighted by molar-refractivity contribution is 5.83. The maximum absolute atomic E-state index is 13.1. The van der Waals surface area contributed by atoms with Crippen molar-refractivity contribution in [1.29, 1.82) is 0 Å². The van der Waals surface area contributed by atoms with E-state index in [4.69, 9.17) is 9.26 Å². The molecule has 1 amide bonds. The number of hydrogen-bond acceptors (Lipinski definition) is 4. The van der Waals surface area contributed by atoms with Gasteiger partial charge in [0.1, 0.15) is 17.5 Å². The first-order chi connectivity index (χ1) is 14.1. The molecule has 152 valence electrons. The molecule has 1 atom stereocenters. The fraction of sp³-hybridized carbons (Fsp3) is 0.583. The van der Waals surface area contributed by atoms with E-state index in [1.165, 1.54) is 24.8 Å². The Balaban J connectivity index is 1.14. The molecule has 29 heavy (non-hydrogen) atoms. The van der Waals surface area contributed by atoms with Crippen LogP contribution in [0.5, 0.6) is 5.75 Å². The van der Waals surface area contributed by atoms with Gasteiger partial charge in [0.15, 0.2) is 5.76 Å². The van der Waals surface area contributed by atoms with Gasteiger partial charge in [-0.3, -0.25) is 4.79 Å². The van der Waals surface area contributed by atoms with Gasteiger partial charge < -0.3 is 14.6 Å². The molecule has 1 aromatic heterocycles. The molecule has 5 nitrogen and oxygen atoms in total. The van der Waals surface area contributed by atoms with Gasteiger partial charge in [-0.1, -0.05) is 5.16 Å². The molecule has 4 bridgehead atoms. The summed E-state index contributed by atoms with van der Waals surface area (Å²) in [4.78, 5) is 13.1. The number of aromatic nitrogens is 1. The van der Waals surface area contributed by atoms with Crippen molar-refractivity contribution < 1.29 is 14.1 Å². The van der Waals surface area contributed by atoms with Crippen molar-refractivity contribution >= 4 is 5.91 Å². The molecule has 5 heteroatoms. The predicted octanol–water partition coefficient (Wildman–Crippen LogP) is 4.50. The van der Waals surface area contributed by atoms with E-state index in [0.717, 1.165) is 66.2 Å². The van der Waals surface area contributed by atoms with Gasteiger partial charge >= 0.3 is 0 Å². The fourth-order valence-corrected chi connectivity index (χ4v) is 6.85. The fourth-order valence-electron chi connectivity index (χ4n) is 6.85. The number of carbonyl (C=O) groups excluding carboxylic acids is 1. The lowest BCUT2D eigenvalue weighted by Crippen LogP contribution is -2.53. The number of ether oxygens (including phenoxy) is 1. The molecule has 1 N–H and O–H groups in total. The largest absolute Gasteiger partial charge is 0.490 e. The third-order valence-electron chi connectivity index (χ3n) is 7.69. The Labute approximate surface area is 171 Å². The lowest BCUT2D eigenvalue weighted by molar-refractivity contribution is -0.146. The molecule has 1 unspecified atom stereocenters. The van der Waals surface area contributed by atoms with Crippen molar-refractivity contribution in [2.75, 3.05) is 0 Å². The van der Waals surface area contributed by atoms with Crippen LogP contribution >= 0.6 is 0 Å². The number of rotatable bonds is 4. The molecule has 0 spiro atoms. The Kier molecular flexibility index (Phi) is 3.84. The maximum Gasteiger partial charge on any atom is 0.226 e. The number of fused-ring (bicyclic) bond motifs is 1. The lowest BCUT2D eigenvalue weighted by Gasteiger charge is -2.55. The molecule has 7 rings (SSSR count). The summed E-state index contributed by atoms with van der Waals surface area (Å²) in [6.07, 6.45) is 8.47. The Morgan fingerprint density at radius 1 is 1.14 bits per heavy atom. The lowest BCUT2D eigenvalue weighted by atomic mass is 9.49. The van der Waals surface area contributed by atoms with Gasteiger partial charge in [-0.25, -0.2) is 0 Å². The van der Waals surface area contributed by atoms with Crippen LogP contribution in [-0.2, 0) is 17.8 Å². The average molecular weight is 392 g/mol. The van der Waals surface area contributed by atoms with E-state index in [0.29, 0.717) is 6.54 Å². The van der Waals surface area contributed by atoms with Crippen LogP contribution in [0.15, 0.2) is 28.8 Å². The van der Waals surface area contributed by atoms with Gasteiger partial charge in [0.05, 0.1) is 6.54 Å². The molecule has 2 heterocycles. The van der Waals surface area contributed by atoms with Crippen LogP contribution in [0.3, 0.4) is 0 Å². The second-order valence-electron chi connectivity index (χ2n) is 10.0. The minimum atomic E-state index is -0.113. The highest BCUT2D eigenvalue weighted by atomic mass is 16.5. The molecule has 4 saturated carbocycles. The SMILES string of the molecule is CC1Cc2cc(-c3cc(CNC(=O)C45CC6CC(CC(C6)C4)C5)no3)ccc2O1. The van der Waals surface area contributed by atoms with Crippen LogP contribution in [0.1, 0.15) is 56.7 Å². The van der Waals surface area contributed by atoms with E-state index in [-0.39, 0.29) is 17.4 Å². The summed E-state index contributed by atoms with van der Waals surface area (Å²) in [6, 6.07) is 8.08. The topological polar surface area (TPSA) is 64.4 Å². The van der Waals surface area contributed by atoms with Crippen molar-refractivity contribution in [2.45, 2.75) is 64.5 Å². The van der Waals surface area contributed by atoms with E-state index < -0.39 is 0 Å². The van der Waals surface area contributed by atoms with Crippen molar-refractivity contribution in [3.8, 4) is 17.1 Å². The Morgan fingerprint density at radius 2 is 1.86 bits per heavy atom. The molecule has 0 saturated heterocycles. The third-order valence-corrected chi connectivity index (χ3v) is 7.69. The van der Waals surface area contributed by atoms with Crippen LogP contribution < -0.4 is 10.1 Å². The quantitative estimate of drug-likeness (QED) is 0.832. The zero-order valence-electron chi connectivity index (χ0n) is 16.9. The van der Waals surface area contributed by atoms with Crippen molar-refractivity contribution in [3.05, 3.63) is 35.5 Å². The highest BCUT2D eigenvalue weighted by Gasteiger charge is 2.54. The highest BCUT2D eigenvalue weighted by Crippen LogP contribution is 2.60. The summed E-state index contributed by atoms with van der Waals surface area (Å²) in [6.45, 7) is 2.52. The zero-order chi connectivity index (χ0) is 19.6. The summed E-state index contributed by atoms with van der Waals surface area (Å²) in [5.74, 6) is 4.27. The van der Waals surface area contributed by atoms with E-state index in [9.17, 15) is 4.79 Å². The van der Waals surface area contributed by atoms with E-state index in [1.54, 1.807) is 0 Å². The molecule has 4 aliphatic carbocycles. The van der Waals surface area contributed by atoms with Crippen LogP contribution in [0, 0.1) is 23.2 Å². The van der Waals surface area contributed by atoms with E-state index in [1.807, 2.05) is 18.2 Å². The molecular formula is C24H28N2O3. The Bertz CT molecular complexity index is 928. The first kappa shape index (κ1) is 17.5. The zero-order valence-corrected chi connectivity index (χ0v) is 16.9. The van der Waals surface area contributed by atoms with Crippen LogP contribution in [0.4, 0.5) is 0 Å². The standard InChI is InChI=1S/C24H28N2O3/c1-14-4-19-8-18(2-3-21(19)28-14)22-9-20(26-29-22)13-25-23(27)24-10-15-5-16(11-24)7-17(6-15)12-24/h2-3,8-9,14-17H,4-7,10-13H2,1H3,(H,25,27). The van der Waals surface area contributed by atoms with Gasteiger partial charge in [-0.15, -0.1) is 0 Å². The first-order valence-corrected chi connectivity index (χ1v) is 11.1. The summed E-state index contributed by atoms with van der Waals surface area (Å²) in [5.41, 5.74) is 2.89. The first-order valence-electron chi connectivity index (χ1n) is 11.1. The summed E-state index contributed by atoms with van der Waals surface area (Å²) in [7, 11) is 0. The monoisotopic (exact) mass is 392 g/mol. The summed E-state index contributed by atoms with van der Waals surface area (Å²) in [5, 5.41) is 7.39. The van der Waals surface area contributed by atoms with Gasteiger partial charge in [0.2, 0.25) is 5.91 Å². The van der Waals surface area contributed by atoms with Gasteiger partial charge in [-0.2, -0.15) is 0 Å². The summed E-state index contributed by atoms with van der Waals surface area (Å²) < 4.78 is 11.4. The number of amides is 1. The maximum atomic E-state index is 13.1. The Hall–Kier alpha value is -2.30. The van der Waals surface area contributed by atoms with E-state index >= 15 is 0 Å². The van der Waals surface area contributed by atoms with Gasteiger partial charge in [0.25, 0.3) is 0 Å². The molecule has 0 radical (unpaired) electrons. The van der Waals surface area contributed by atoms with Crippen molar-refractivity contribution in [3.63, 3.8) is 0 Å². The van der Waals surface area contributed by atoms with Crippen LogP contribution in [0.2, 0.25) is 0 Å². The third kappa shape index (κ3) is 2.97. The van der Waals surface area contributed by atoms with E-state index in [2.05, 4.69) is 23.5 Å².